The Hall–Kier alpha value is -4.37. The molecule has 38 heavy (non-hydrogen) atoms. The van der Waals surface area contributed by atoms with E-state index in [1.54, 1.807) is 31.3 Å². The molecule has 0 bridgehead atoms. The Balaban J connectivity index is 1.55. The first-order valence-electron chi connectivity index (χ1n) is 12.5. The third-order valence-corrected chi connectivity index (χ3v) is 6.21. The first-order valence-corrected chi connectivity index (χ1v) is 12.5. The number of imidazole rings is 1. The van der Waals surface area contributed by atoms with Crippen LogP contribution in [0.2, 0.25) is 0 Å². The molecule has 0 unspecified atom stereocenters. The van der Waals surface area contributed by atoms with Crippen molar-refractivity contribution < 1.29 is 19.1 Å². The minimum atomic E-state index is -0.367. The summed E-state index contributed by atoms with van der Waals surface area (Å²) in [6.45, 7) is 4.95. The molecule has 0 radical (unpaired) electrons. The summed E-state index contributed by atoms with van der Waals surface area (Å²) in [5.74, 6) is 1.04. The minimum absolute atomic E-state index is 0.261. The quantitative estimate of drug-likeness (QED) is 0.260. The zero-order valence-electron chi connectivity index (χ0n) is 22.1. The molecule has 2 amide bonds. The molecule has 0 saturated carbocycles. The Morgan fingerprint density at radius 3 is 2.63 bits per heavy atom. The molecule has 4 aromatic rings. The van der Waals surface area contributed by atoms with Gasteiger partial charge in [0.25, 0.3) is 11.8 Å². The molecular formula is C29H33N5O4. The highest BCUT2D eigenvalue weighted by molar-refractivity contribution is 6.11. The molecule has 1 heterocycles. The minimum Gasteiger partial charge on any atom is -0.496 e. The number of nitrogens with one attached hydrogen (secondary N) is 2. The van der Waals surface area contributed by atoms with Crippen molar-refractivity contribution in [3.8, 4) is 11.5 Å². The molecule has 0 aliphatic carbocycles. The number of amides is 2. The lowest BCUT2D eigenvalue weighted by Crippen LogP contribution is -2.27. The average Bonchev–Trinajstić information content (AvgIpc) is 3.31. The number of unbranched alkanes of at least 4 members (excludes halogenated alkanes) is 1. The first kappa shape index (κ1) is 26.7. The maximum Gasteiger partial charge on any atom is 0.259 e. The summed E-state index contributed by atoms with van der Waals surface area (Å²) in [7, 11) is 3.16. The molecule has 198 valence electrons. The number of ether oxygens (including phenoxy) is 2. The topological polar surface area (TPSA) is 123 Å². The first-order chi connectivity index (χ1) is 18.3. The number of nitrogens with zero attached hydrogens (tertiary/aromatic N) is 2. The number of carbonyl (C=O) groups is 2. The van der Waals surface area contributed by atoms with Crippen molar-refractivity contribution >= 4 is 34.2 Å². The third-order valence-electron chi connectivity index (χ3n) is 6.21. The van der Waals surface area contributed by atoms with Crippen molar-refractivity contribution in [2.24, 2.45) is 5.73 Å². The van der Waals surface area contributed by atoms with E-state index >= 15 is 0 Å². The van der Waals surface area contributed by atoms with Crippen molar-refractivity contribution in [2.75, 3.05) is 37.5 Å². The summed E-state index contributed by atoms with van der Waals surface area (Å²) in [6.07, 6.45) is 1.70. The van der Waals surface area contributed by atoms with Gasteiger partial charge in [-0.25, -0.2) is 4.98 Å². The number of benzene rings is 3. The molecule has 0 atom stereocenters. The molecule has 9 nitrogen and oxygen atoms in total. The number of fused-ring (bicyclic) bond motifs is 1. The molecule has 4 N–H and O–H groups in total. The van der Waals surface area contributed by atoms with Gasteiger partial charge in [-0.05, 0) is 81.3 Å². The summed E-state index contributed by atoms with van der Waals surface area (Å²) in [6, 6.07) is 16.0. The highest BCUT2D eigenvalue weighted by Gasteiger charge is 2.21. The number of aromatic nitrogens is 2. The van der Waals surface area contributed by atoms with Crippen molar-refractivity contribution in [3.63, 3.8) is 0 Å². The van der Waals surface area contributed by atoms with Crippen molar-refractivity contribution in [2.45, 2.75) is 26.7 Å². The molecule has 1 aromatic heterocycles. The van der Waals surface area contributed by atoms with Crippen molar-refractivity contribution in [1.82, 2.24) is 9.97 Å². The monoisotopic (exact) mass is 515 g/mol. The standard InChI is InChI=1S/C29H33N5O4/c1-18-10-13-24(26(16-18)38-15-6-5-14-30)34(3)29(36)20-11-12-21(25(17-20)37-4)28(35)33-23-9-7-8-22-27(23)32-19(2)31-22/h7-13,16-17H,5-6,14-15,30H2,1-4H3,(H,31,32)(H,33,35). The van der Waals surface area contributed by atoms with E-state index in [0.717, 1.165) is 29.7 Å². The van der Waals surface area contributed by atoms with Gasteiger partial charge >= 0.3 is 0 Å². The summed E-state index contributed by atoms with van der Waals surface area (Å²) >= 11 is 0. The number of methoxy groups -OCH3 is 1. The lowest BCUT2D eigenvalue weighted by Gasteiger charge is -2.22. The molecular weight excluding hydrogens is 482 g/mol. The fraction of sp³-hybridized carbons (Fsp3) is 0.276. The zero-order valence-corrected chi connectivity index (χ0v) is 22.1. The Labute approximate surface area is 222 Å². The summed E-state index contributed by atoms with van der Waals surface area (Å²) in [5.41, 5.74) is 10.0. The maximum absolute atomic E-state index is 13.4. The van der Waals surface area contributed by atoms with E-state index in [4.69, 9.17) is 15.2 Å². The van der Waals surface area contributed by atoms with E-state index in [0.29, 0.717) is 46.9 Å². The molecule has 3 aromatic carbocycles. The molecule has 0 aliphatic rings. The molecule has 0 spiro atoms. The van der Waals surface area contributed by atoms with E-state index in [2.05, 4.69) is 15.3 Å². The molecule has 4 rings (SSSR count). The van der Waals surface area contributed by atoms with Crippen molar-refractivity contribution in [3.05, 3.63) is 77.1 Å². The van der Waals surface area contributed by atoms with Crippen LogP contribution in [0.5, 0.6) is 11.5 Å². The van der Waals surface area contributed by atoms with Gasteiger partial charge in [0.2, 0.25) is 0 Å². The van der Waals surface area contributed by atoms with Crippen LogP contribution >= 0.6 is 0 Å². The van der Waals surface area contributed by atoms with Crippen LogP contribution in [0.1, 0.15) is 44.9 Å². The fourth-order valence-electron chi connectivity index (χ4n) is 4.20. The number of hydrogen-bond donors (Lipinski definition) is 3. The second kappa shape index (κ2) is 11.8. The van der Waals surface area contributed by atoms with Gasteiger partial charge in [-0.15, -0.1) is 0 Å². The van der Waals surface area contributed by atoms with Crippen LogP contribution in [0.3, 0.4) is 0 Å². The van der Waals surface area contributed by atoms with Crippen LogP contribution in [-0.2, 0) is 0 Å². The number of carbonyl (C=O) groups excluding carboxylic acids is 2. The second-order valence-corrected chi connectivity index (χ2v) is 9.07. The van der Waals surface area contributed by atoms with Gasteiger partial charge in [0, 0.05) is 12.6 Å². The van der Waals surface area contributed by atoms with E-state index in [-0.39, 0.29) is 17.6 Å². The number of hydrogen-bond acceptors (Lipinski definition) is 6. The highest BCUT2D eigenvalue weighted by Crippen LogP contribution is 2.31. The van der Waals surface area contributed by atoms with Crippen LogP contribution in [0.4, 0.5) is 11.4 Å². The normalized spacial score (nSPS) is 10.9. The van der Waals surface area contributed by atoms with Crippen LogP contribution in [0.15, 0.2) is 54.6 Å². The number of aryl methyl sites for hydroxylation is 2. The Morgan fingerprint density at radius 1 is 1.05 bits per heavy atom. The smallest absolute Gasteiger partial charge is 0.259 e. The number of anilines is 2. The van der Waals surface area contributed by atoms with E-state index in [9.17, 15) is 9.59 Å². The van der Waals surface area contributed by atoms with Gasteiger partial charge in [-0.2, -0.15) is 0 Å². The molecule has 0 saturated heterocycles. The number of nitrogens with two attached hydrogens (primary N) is 1. The second-order valence-electron chi connectivity index (χ2n) is 9.07. The highest BCUT2D eigenvalue weighted by atomic mass is 16.5. The van der Waals surface area contributed by atoms with Gasteiger partial charge in [-0.1, -0.05) is 12.1 Å². The van der Waals surface area contributed by atoms with E-state index in [1.807, 2.05) is 44.2 Å². The molecule has 0 fully saturated rings. The SMILES string of the molecule is COc1cc(C(=O)N(C)c2ccc(C)cc2OCCCCN)ccc1C(=O)Nc1cccc2[nH]c(C)nc12. The number of aromatic amines is 1. The predicted octanol–water partition coefficient (Wildman–Crippen LogP) is 4.83. The predicted molar refractivity (Wildman–Crippen MR) is 149 cm³/mol. The Kier molecular flexibility index (Phi) is 8.28. The maximum atomic E-state index is 13.4. The van der Waals surface area contributed by atoms with E-state index in [1.165, 1.54) is 12.0 Å². The third kappa shape index (κ3) is 5.78. The van der Waals surface area contributed by atoms with Gasteiger partial charge in [0.15, 0.2) is 0 Å². The lowest BCUT2D eigenvalue weighted by atomic mass is 10.1. The lowest BCUT2D eigenvalue weighted by molar-refractivity contribution is 0.0987. The summed E-state index contributed by atoms with van der Waals surface area (Å²) < 4.78 is 11.5. The van der Waals surface area contributed by atoms with Crippen LogP contribution in [0, 0.1) is 13.8 Å². The summed E-state index contributed by atoms with van der Waals surface area (Å²) in [4.78, 5) is 35.7. The average molecular weight is 516 g/mol. The van der Waals surface area contributed by atoms with Gasteiger partial charge in [0.1, 0.15) is 22.8 Å². The fourth-order valence-corrected chi connectivity index (χ4v) is 4.20. The number of H-pyrrole nitrogens is 1. The Bertz CT molecular complexity index is 1460. The summed E-state index contributed by atoms with van der Waals surface area (Å²) in [5, 5.41) is 2.91. The number of para-hydroxylation sites is 1. The number of rotatable bonds is 10. The van der Waals surface area contributed by atoms with Crippen LogP contribution in [-0.4, -0.2) is 49.1 Å². The van der Waals surface area contributed by atoms with Crippen LogP contribution < -0.4 is 25.4 Å². The van der Waals surface area contributed by atoms with Gasteiger partial charge in [-0.3, -0.25) is 9.59 Å². The van der Waals surface area contributed by atoms with Crippen molar-refractivity contribution in [1.29, 1.82) is 0 Å². The molecule has 9 heteroatoms. The van der Waals surface area contributed by atoms with Crippen LogP contribution in [0.25, 0.3) is 11.0 Å². The Morgan fingerprint density at radius 2 is 1.87 bits per heavy atom. The van der Waals surface area contributed by atoms with Gasteiger partial charge < -0.3 is 30.4 Å². The largest absolute Gasteiger partial charge is 0.496 e. The van der Waals surface area contributed by atoms with E-state index < -0.39 is 0 Å². The zero-order chi connectivity index (χ0) is 27.2. The molecule has 0 aliphatic heterocycles. The van der Waals surface area contributed by atoms with Gasteiger partial charge in [0.05, 0.1) is 36.2 Å².